The summed E-state index contributed by atoms with van der Waals surface area (Å²) in [6.45, 7) is 7.39. The molecule has 7 nitrogen and oxygen atoms in total. The highest BCUT2D eigenvalue weighted by atomic mass is 32.2. The second kappa shape index (κ2) is 11.3. The molecule has 0 heterocycles. The third-order valence-corrected chi connectivity index (χ3v) is 4.68. The van der Waals surface area contributed by atoms with Crippen LogP contribution in [0.2, 0.25) is 0 Å². The van der Waals surface area contributed by atoms with Crippen molar-refractivity contribution >= 4 is 29.5 Å². The molecular formula is C16H31N3O4S. The average molecular weight is 362 g/mol. The maximum Gasteiger partial charge on any atom is 0.326 e. The van der Waals surface area contributed by atoms with E-state index in [1.54, 1.807) is 13.8 Å². The Morgan fingerprint density at radius 3 is 2.12 bits per heavy atom. The number of hydrogen-bond donors (Lipinski definition) is 4. The van der Waals surface area contributed by atoms with E-state index in [1.807, 2.05) is 20.1 Å². The topological polar surface area (TPSA) is 122 Å². The molecule has 0 aromatic heterocycles. The summed E-state index contributed by atoms with van der Waals surface area (Å²) in [5.74, 6) is -1.54. The van der Waals surface area contributed by atoms with Gasteiger partial charge in [-0.15, -0.1) is 0 Å². The molecule has 0 bridgehead atoms. The van der Waals surface area contributed by atoms with E-state index in [9.17, 15) is 19.5 Å². The minimum Gasteiger partial charge on any atom is -0.480 e. The Kier molecular flexibility index (Phi) is 10.7. The highest BCUT2D eigenvalue weighted by Gasteiger charge is 2.30. The molecule has 140 valence electrons. The van der Waals surface area contributed by atoms with E-state index in [1.165, 1.54) is 11.8 Å². The maximum atomic E-state index is 12.4. The largest absolute Gasteiger partial charge is 0.480 e. The quantitative estimate of drug-likeness (QED) is 0.432. The van der Waals surface area contributed by atoms with Crippen LogP contribution < -0.4 is 16.4 Å². The summed E-state index contributed by atoms with van der Waals surface area (Å²) in [5.41, 5.74) is 5.89. The minimum absolute atomic E-state index is 0.00535. The first-order valence-electron chi connectivity index (χ1n) is 8.23. The van der Waals surface area contributed by atoms with E-state index < -0.39 is 35.9 Å². The molecular weight excluding hydrogens is 330 g/mol. The molecule has 0 saturated heterocycles. The van der Waals surface area contributed by atoms with E-state index >= 15 is 0 Å². The molecule has 0 saturated carbocycles. The maximum absolute atomic E-state index is 12.4. The van der Waals surface area contributed by atoms with Crippen LogP contribution in [0, 0.1) is 11.8 Å². The number of carbonyl (C=O) groups excluding carboxylic acids is 2. The van der Waals surface area contributed by atoms with E-state index in [0.717, 1.165) is 6.42 Å². The predicted molar refractivity (Wildman–Crippen MR) is 96.8 cm³/mol. The van der Waals surface area contributed by atoms with Crippen LogP contribution in [0.15, 0.2) is 0 Å². The van der Waals surface area contributed by atoms with Gasteiger partial charge in [0.1, 0.15) is 12.1 Å². The molecule has 24 heavy (non-hydrogen) atoms. The third-order valence-electron chi connectivity index (χ3n) is 4.03. The van der Waals surface area contributed by atoms with Gasteiger partial charge in [-0.3, -0.25) is 9.59 Å². The predicted octanol–water partition coefficient (Wildman–Crippen LogP) is 0.823. The van der Waals surface area contributed by atoms with Gasteiger partial charge in [0.05, 0.1) is 6.04 Å². The van der Waals surface area contributed by atoms with Crippen LogP contribution in [0.3, 0.4) is 0 Å². The van der Waals surface area contributed by atoms with Gasteiger partial charge in [-0.25, -0.2) is 4.79 Å². The molecule has 0 spiro atoms. The van der Waals surface area contributed by atoms with Crippen LogP contribution in [0.4, 0.5) is 0 Å². The number of carbonyl (C=O) groups is 3. The smallest absolute Gasteiger partial charge is 0.326 e. The van der Waals surface area contributed by atoms with Crippen LogP contribution in [0.25, 0.3) is 0 Å². The fourth-order valence-electron chi connectivity index (χ4n) is 2.05. The van der Waals surface area contributed by atoms with Crippen LogP contribution in [-0.2, 0) is 14.4 Å². The summed E-state index contributed by atoms with van der Waals surface area (Å²) in [4.78, 5) is 35.9. The van der Waals surface area contributed by atoms with Gasteiger partial charge in [-0.05, 0) is 30.3 Å². The Hall–Kier alpha value is -1.28. The fraction of sp³-hybridized carbons (Fsp3) is 0.812. The molecule has 5 N–H and O–H groups in total. The minimum atomic E-state index is -1.08. The molecule has 0 aromatic carbocycles. The molecule has 0 aromatic rings. The van der Waals surface area contributed by atoms with Gasteiger partial charge < -0.3 is 21.5 Å². The first kappa shape index (κ1) is 22.7. The van der Waals surface area contributed by atoms with Crippen molar-refractivity contribution in [1.29, 1.82) is 0 Å². The van der Waals surface area contributed by atoms with Crippen molar-refractivity contribution in [2.75, 3.05) is 12.0 Å². The van der Waals surface area contributed by atoms with Crippen molar-refractivity contribution < 1.29 is 19.5 Å². The monoisotopic (exact) mass is 361 g/mol. The number of hydrogen-bond acceptors (Lipinski definition) is 5. The Bertz CT molecular complexity index is 432. The standard InChI is InChI=1S/C16H31N3O4S/c1-6-10(4)12(17)14(20)19-13(9(2)3)15(21)18-11(16(22)23)7-8-24-5/h9-13H,6-8,17H2,1-5H3,(H,18,21)(H,19,20)(H,22,23)/t10-,11-,12-,13-/m0/s1. The van der Waals surface area contributed by atoms with Crippen molar-refractivity contribution in [1.82, 2.24) is 10.6 Å². The number of carboxylic acid groups (broad SMARTS) is 1. The second-order valence-corrected chi connectivity index (χ2v) is 7.31. The molecule has 0 radical (unpaired) electrons. The molecule has 4 atom stereocenters. The van der Waals surface area contributed by atoms with Gasteiger partial charge >= 0.3 is 5.97 Å². The van der Waals surface area contributed by atoms with Gasteiger partial charge in [0.25, 0.3) is 0 Å². The first-order chi connectivity index (χ1) is 11.1. The van der Waals surface area contributed by atoms with E-state index in [-0.39, 0.29) is 11.8 Å². The van der Waals surface area contributed by atoms with Gasteiger partial charge in [0.15, 0.2) is 0 Å². The fourth-order valence-corrected chi connectivity index (χ4v) is 2.52. The van der Waals surface area contributed by atoms with Gasteiger partial charge in [0, 0.05) is 0 Å². The van der Waals surface area contributed by atoms with Crippen molar-refractivity contribution in [2.45, 2.75) is 58.7 Å². The van der Waals surface area contributed by atoms with Crippen molar-refractivity contribution in [3.05, 3.63) is 0 Å². The number of thioether (sulfide) groups is 1. The highest BCUT2D eigenvalue weighted by Crippen LogP contribution is 2.09. The lowest BCUT2D eigenvalue weighted by molar-refractivity contribution is -0.142. The van der Waals surface area contributed by atoms with Crippen LogP contribution in [0.1, 0.15) is 40.5 Å². The zero-order valence-electron chi connectivity index (χ0n) is 15.2. The van der Waals surface area contributed by atoms with E-state index in [0.29, 0.717) is 12.2 Å². The molecule has 8 heteroatoms. The number of aliphatic carboxylic acids is 1. The Morgan fingerprint density at radius 2 is 1.71 bits per heavy atom. The summed E-state index contributed by atoms with van der Waals surface area (Å²) >= 11 is 1.51. The number of nitrogens with two attached hydrogens (primary N) is 1. The van der Waals surface area contributed by atoms with Gasteiger partial charge in [-0.2, -0.15) is 11.8 Å². The Balaban J connectivity index is 4.94. The Morgan fingerprint density at radius 1 is 1.12 bits per heavy atom. The number of amides is 2. The molecule has 0 aliphatic carbocycles. The summed E-state index contributed by atoms with van der Waals surface area (Å²) in [6.07, 6.45) is 2.95. The van der Waals surface area contributed by atoms with Crippen LogP contribution in [0.5, 0.6) is 0 Å². The molecule has 0 rings (SSSR count). The highest BCUT2D eigenvalue weighted by molar-refractivity contribution is 7.98. The summed E-state index contributed by atoms with van der Waals surface area (Å²) in [7, 11) is 0. The summed E-state index contributed by atoms with van der Waals surface area (Å²) in [5, 5.41) is 14.4. The molecule has 0 aliphatic rings. The number of carboxylic acids is 1. The lowest BCUT2D eigenvalue weighted by atomic mass is 9.97. The first-order valence-corrected chi connectivity index (χ1v) is 9.63. The average Bonchev–Trinajstić information content (AvgIpc) is 2.53. The van der Waals surface area contributed by atoms with Crippen molar-refractivity contribution in [2.24, 2.45) is 17.6 Å². The lowest BCUT2D eigenvalue weighted by Crippen LogP contribution is -2.57. The zero-order valence-corrected chi connectivity index (χ0v) is 16.0. The summed E-state index contributed by atoms with van der Waals surface area (Å²) in [6, 6.07) is -2.48. The van der Waals surface area contributed by atoms with Crippen molar-refractivity contribution in [3.63, 3.8) is 0 Å². The summed E-state index contributed by atoms with van der Waals surface area (Å²) < 4.78 is 0. The third kappa shape index (κ3) is 7.53. The molecule has 0 aliphatic heterocycles. The Labute approximate surface area is 148 Å². The molecule has 0 unspecified atom stereocenters. The van der Waals surface area contributed by atoms with Crippen molar-refractivity contribution in [3.8, 4) is 0 Å². The van der Waals surface area contributed by atoms with Gasteiger partial charge in [0.2, 0.25) is 11.8 Å². The van der Waals surface area contributed by atoms with Gasteiger partial charge in [-0.1, -0.05) is 34.1 Å². The number of nitrogens with one attached hydrogen (secondary N) is 2. The SMILES string of the molecule is CC[C@H](C)[C@H](N)C(=O)N[C@H](C(=O)N[C@@H](CCSC)C(=O)O)C(C)C. The second-order valence-electron chi connectivity index (χ2n) is 6.32. The van der Waals surface area contributed by atoms with E-state index in [2.05, 4.69) is 10.6 Å². The zero-order chi connectivity index (χ0) is 18.9. The van der Waals surface area contributed by atoms with Crippen LogP contribution >= 0.6 is 11.8 Å². The van der Waals surface area contributed by atoms with E-state index in [4.69, 9.17) is 5.73 Å². The normalized spacial score (nSPS) is 16.1. The van der Waals surface area contributed by atoms with Crippen LogP contribution in [-0.4, -0.2) is 53.0 Å². The lowest BCUT2D eigenvalue weighted by Gasteiger charge is -2.26. The molecule has 0 fully saturated rings. The molecule has 2 amide bonds. The number of rotatable bonds is 11.